The van der Waals surface area contributed by atoms with E-state index in [0.29, 0.717) is 30.2 Å². The van der Waals surface area contributed by atoms with Crippen molar-refractivity contribution in [2.45, 2.75) is 52.6 Å². The Morgan fingerprint density at radius 2 is 1.97 bits per heavy atom. The van der Waals surface area contributed by atoms with Crippen molar-refractivity contribution in [3.05, 3.63) is 47.0 Å². The van der Waals surface area contributed by atoms with E-state index in [9.17, 15) is 15.0 Å². The van der Waals surface area contributed by atoms with Crippen molar-refractivity contribution in [1.82, 2.24) is 19.9 Å². The number of pyridine rings is 1. The van der Waals surface area contributed by atoms with Gasteiger partial charge in [0.15, 0.2) is 0 Å². The van der Waals surface area contributed by atoms with E-state index >= 15 is 0 Å². The normalized spacial score (nSPS) is 22.5. The third kappa shape index (κ3) is 4.49. The topological polar surface area (TPSA) is 121 Å². The SMILES string of the molecule is Cc1cc(Nc2nccc(C)n2)cc(-c2cnc(C3(O)CCC(C(=O)O)C(C)(C)C3)s2)n1. The molecule has 8 nitrogen and oxygen atoms in total. The number of hydrogen-bond donors (Lipinski definition) is 3. The maximum Gasteiger partial charge on any atom is 0.307 e. The highest BCUT2D eigenvalue weighted by molar-refractivity contribution is 7.15. The summed E-state index contributed by atoms with van der Waals surface area (Å²) < 4.78 is 0. The first-order chi connectivity index (χ1) is 15.1. The van der Waals surface area contributed by atoms with Gasteiger partial charge >= 0.3 is 5.97 Å². The summed E-state index contributed by atoms with van der Waals surface area (Å²) in [6.45, 7) is 7.62. The van der Waals surface area contributed by atoms with Crippen LogP contribution >= 0.6 is 11.3 Å². The van der Waals surface area contributed by atoms with E-state index in [2.05, 4.69) is 25.3 Å². The second kappa shape index (κ2) is 8.22. The molecule has 1 saturated carbocycles. The summed E-state index contributed by atoms with van der Waals surface area (Å²) >= 11 is 1.40. The molecule has 3 N–H and O–H groups in total. The Morgan fingerprint density at radius 3 is 2.66 bits per heavy atom. The lowest BCUT2D eigenvalue weighted by molar-refractivity contribution is -0.154. The van der Waals surface area contributed by atoms with Gasteiger partial charge in [0.1, 0.15) is 10.6 Å². The van der Waals surface area contributed by atoms with Gasteiger partial charge in [-0.3, -0.25) is 9.78 Å². The molecule has 0 aromatic carbocycles. The van der Waals surface area contributed by atoms with Gasteiger partial charge in [-0.15, -0.1) is 11.3 Å². The van der Waals surface area contributed by atoms with Gasteiger partial charge in [0.25, 0.3) is 0 Å². The summed E-state index contributed by atoms with van der Waals surface area (Å²) in [7, 11) is 0. The van der Waals surface area contributed by atoms with Crippen molar-refractivity contribution in [3.8, 4) is 10.6 Å². The quantitative estimate of drug-likeness (QED) is 0.518. The number of nitrogens with zero attached hydrogens (tertiary/aromatic N) is 4. The third-order valence-electron chi connectivity index (χ3n) is 6.00. The highest BCUT2D eigenvalue weighted by atomic mass is 32.1. The third-order valence-corrected chi connectivity index (χ3v) is 7.21. The van der Waals surface area contributed by atoms with Crippen LogP contribution in [0.2, 0.25) is 0 Å². The van der Waals surface area contributed by atoms with Gasteiger partial charge in [-0.25, -0.2) is 15.0 Å². The number of aromatic nitrogens is 4. The molecule has 1 fully saturated rings. The average molecular weight is 454 g/mol. The molecule has 32 heavy (non-hydrogen) atoms. The van der Waals surface area contributed by atoms with Crippen molar-refractivity contribution in [2.75, 3.05) is 5.32 Å². The van der Waals surface area contributed by atoms with Crippen molar-refractivity contribution < 1.29 is 15.0 Å². The molecule has 3 aromatic rings. The van der Waals surface area contributed by atoms with Crippen molar-refractivity contribution in [3.63, 3.8) is 0 Å². The average Bonchev–Trinajstić information content (AvgIpc) is 3.17. The van der Waals surface area contributed by atoms with E-state index in [1.54, 1.807) is 12.4 Å². The molecule has 168 valence electrons. The van der Waals surface area contributed by atoms with E-state index in [4.69, 9.17) is 0 Å². The molecule has 0 spiro atoms. The van der Waals surface area contributed by atoms with Crippen LogP contribution in [0.1, 0.15) is 49.5 Å². The lowest BCUT2D eigenvalue weighted by Gasteiger charge is -2.44. The summed E-state index contributed by atoms with van der Waals surface area (Å²) in [6.07, 6.45) is 4.57. The second-order valence-corrected chi connectivity index (χ2v) is 10.2. The van der Waals surface area contributed by atoms with Crippen LogP contribution in [0.15, 0.2) is 30.6 Å². The number of carbonyl (C=O) groups is 1. The predicted octanol–water partition coefficient (Wildman–Crippen LogP) is 4.45. The molecule has 1 aliphatic carbocycles. The predicted molar refractivity (Wildman–Crippen MR) is 123 cm³/mol. The number of carboxylic acids is 1. The Hall–Kier alpha value is -2.91. The summed E-state index contributed by atoms with van der Waals surface area (Å²) in [5.41, 5.74) is 1.58. The smallest absolute Gasteiger partial charge is 0.307 e. The number of carboxylic acid groups (broad SMARTS) is 1. The number of aliphatic hydroxyl groups is 1. The first-order valence-corrected chi connectivity index (χ1v) is 11.3. The summed E-state index contributed by atoms with van der Waals surface area (Å²) in [5, 5.41) is 24.7. The fourth-order valence-corrected chi connectivity index (χ4v) is 5.48. The van der Waals surface area contributed by atoms with Gasteiger partial charge in [-0.05, 0) is 56.7 Å². The van der Waals surface area contributed by atoms with Gasteiger partial charge in [0.05, 0.1) is 16.5 Å². The minimum absolute atomic E-state index is 0.350. The number of aryl methyl sites for hydroxylation is 2. The van der Waals surface area contributed by atoms with Gasteiger partial charge in [-0.2, -0.15) is 0 Å². The molecule has 0 amide bonds. The molecule has 0 radical (unpaired) electrons. The zero-order valence-electron chi connectivity index (χ0n) is 18.6. The molecular weight excluding hydrogens is 426 g/mol. The molecule has 0 saturated heterocycles. The number of hydrogen-bond acceptors (Lipinski definition) is 8. The van der Waals surface area contributed by atoms with E-state index in [1.807, 2.05) is 45.9 Å². The molecule has 2 atom stereocenters. The van der Waals surface area contributed by atoms with Gasteiger partial charge in [0.2, 0.25) is 5.95 Å². The van der Waals surface area contributed by atoms with Crippen LogP contribution in [0, 0.1) is 25.2 Å². The molecular formula is C23H27N5O3S. The molecule has 9 heteroatoms. The molecule has 0 bridgehead atoms. The molecule has 4 rings (SSSR count). The highest BCUT2D eigenvalue weighted by Gasteiger charge is 2.49. The first kappa shape index (κ1) is 22.3. The summed E-state index contributed by atoms with van der Waals surface area (Å²) in [6, 6.07) is 5.66. The van der Waals surface area contributed by atoms with Crippen LogP contribution in [-0.2, 0) is 10.4 Å². The van der Waals surface area contributed by atoms with Crippen molar-refractivity contribution in [2.24, 2.45) is 11.3 Å². The largest absolute Gasteiger partial charge is 0.481 e. The minimum Gasteiger partial charge on any atom is -0.481 e. The van der Waals surface area contributed by atoms with Gasteiger partial charge < -0.3 is 15.5 Å². The lowest BCUT2D eigenvalue weighted by Crippen LogP contribution is -2.44. The van der Waals surface area contributed by atoms with E-state index < -0.39 is 22.9 Å². The van der Waals surface area contributed by atoms with Crippen LogP contribution in [0.4, 0.5) is 11.6 Å². The van der Waals surface area contributed by atoms with Crippen molar-refractivity contribution in [1.29, 1.82) is 0 Å². The van der Waals surface area contributed by atoms with Crippen molar-refractivity contribution >= 4 is 28.9 Å². The van der Waals surface area contributed by atoms with Crippen LogP contribution in [0.5, 0.6) is 0 Å². The Morgan fingerprint density at radius 1 is 1.19 bits per heavy atom. The Kier molecular flexibility index (Phi) is 5.72. The number of thiazole rings is 1. The highest BCUT2D eigenvalue weighted by Crippen LogP contribution is 2.50. The van der Waals surface area contributed by atoms with Crippen LogP contribution in [-0.4, -0.2) is 36.1 Å². The first-order valence-electron chi connectivity index (χ1n) is 10.5. The lowest BCUT2D eigenvalue weighted by atomic mass is 9.63. The van der Waals surface area contributed by atoms with Crippen LogP contribution in [0.3, 0.4) is 0 Å². The van der Waals surface area contributed by atoms with Crippen LogP contribution in [0.25, 0.3) is 10.6 Å². The van der Waals surface area contributed by atoms with Crippen LogP contribution < -0.4 is 5.32 Å². The number of aliphatic carboxylic acids is 1. The number of anilines is 2. The Bertz CT molecular complexity index is 1160. The second-order valence-electron chi connectivity index (χ2n) is 9.19. The molecule has 2 unspecified atom stereocenters. The monoisotopic (exact) mass is 453 g/mol. The maximum absolute atomic E-state index is 11.6. The number of rotatable bonds is 5. The number of nitrogens with one attached hydrogen (secondary N) is 1. The summed E-state index contributed by atoms with van der Waals surface area (Å²) in [4.78, 5) is 30.2. The Labute approximate surface area is 190 Å². The molecule has 0 aliphatic heterocycles. The summed E-state index contributed by atoms with van der Waals surface area (Å²) in [5.74, 6) is -0.769. The Balaban J connectivity index is 1.60. The fraction of sp³-hybridized carbons (Fsp3) is 0.435. The zero-order chi connectivity index (χ0) is 23.1. The fourth-order valence-electron chi connectivity index (χ4n) is 4.49. The molecule has 3 aromatic heterocycles. The van der Waals surface area contributed by atoms with Gasteiger partial charge in [-0.1, -0.05) is 13.8 Å². The molecule has 3 heterocycles. The maximum atomic E-state index is 11.6. The van der Waals surface area contributed by atoms with Gasteiger partial charge in [0, 0.05) is 29.5 Å². The van der Waals surface area contributed by atoms with E-state index in [-0.39, 0.29) is 0 Å². The van der Waals surface area contributed by atoms with E-state index in [1.165, 1.54) is 11.3 Å². The van der Waals surface area contributed by atoms with E-state index in [0.717, 1.165) is 27.6 Å². The minimum atomic E-state index is -1.14. The zero-order valence-corrected chi connectivity index (χ0v) is 19.4. The standard InChI is InChI=1S/C23H27N5O3S/c1-13-6-8-24-21(27-13)28-15-9-14(2)26-17(10-15)18-11-25-20(32-18)23(31)7-5-16(19(29)30)22(3,4)12-23/h6,8-11,16,31H,5,7,12H2,1-4H3,(H,29,30)(H,24,26,27,28). The molecule has 1 aliphatic rings.